The van der Waals surface area contributed by atoms with Crippen LogP contribution in [-0.2, 0) is 6.42 Å². The molecule has 0 amide bonds. The molecule has 3 rings (SSSR count). The zero-order chi connectivity index (χ0) is 13.9. The summed E-state index contributed by atoms with van der Waals surface area (Å²) in [7, 11) is 0. The third-order valence-corrected chi connectivity index (χ3v) is 3.50. The Morgan fingerprint density at radius 1 is 0.950 bits per heavy atom. The minimum atomic E-state index is -0.0240. The van der Waals surface area contributed by atoms with Gasteiger partial charge in [0.05, 0.1) is 11.0 Å². The van der Waals surface area contributed by atoms with E-state index in [4.69, 9.17) is 5.73 Å². The summed E-state index contributed by atoms with van der Waals surface area (Å²) in [6.45, 7) is 2.09. The van der Waals surface area contributed by atoms with Gasteiger partial charge in [-0.3, -0.25) is 9.97 Å². The molecule has 3 heteroatoms. The Hall–Kier alpha value is -2.26. The molecule has 2 aromatic carbocycles. The Morgan fingerprint density at radius 3 is 2.40 bits per heavy atom. The van der Waals surface area contributed by atoms with Crippen molar-refractivity contribution in [3.63, 3.8) is 0 Å². The summed E-state index contributed by atoms with van der Waals surface area (Å²) >= 11 is 0. The lowest BCUT2D eigenvalue weighted by Gasteiger charge is -2.13. The monoisotopic (exact) mass is 263 g/mol. The van der Waals surface area contributed by atoms with Gasteiger partial charge in [0.25, 0.3) is 0 Å². The van der Waals surface area contributed by atoms with Crippen LogP contribution in [-0.4, -0.2) is 9.97 Å². The van der Waals surface area contributed by atoms with Crippen molar-refractivity contribution in [2.24, 2.45) is 5.73 Å². The molecule has 0 aliphatic carbocycles. The number of fused-ring (bicyclic) bond motifs is 1. The van der Waals surface area contributed by atoms with Crippen LogP contribution in [0.15, 0.2) is 54.9 Å². The zero-order valence-corrected chi connectivity index (χ0v) is 11.5. The topological polar surface area (TPSA) is 51.8 Å². The van der Waals surface area contributed by atoms with Crippen LogP contribution in [0.25, 0.3) is 11.0 Å². The first kappa shape index (κ1) is 12.8. The highest BCUT2D eigenvalue weighted by molar-refractivity contribution is 5.74. The summed E-state index contributed by atoms with van der Waals surface area (Å²) in [6.07, 6.45) is 4.23. The molecule has 0 aliphatic rings. The Labute approximate surface area is 118 Å². The number of nitrogens with two attached hydrogens (primary N) is 1. The summed E-state index contributed by atoms with van der Waals surface area (Å²) in [6, 6.07) is 14.5. The standard InChI is InChI=1S/C17H17N3/c1-12-2-4-13(5-3-12)10-15(18)14-6-7-16-17(11-14)20-9-8-19-16/h2-9,11,15H,10,18H2,1H3. The molecule has 2 N–H and O–H groups in total. The van der Waals surface area contributed by atoms with Crippen molar-refractivity contribution in [1.29, 1.82) is 0 Å². The number of aromatic nitrogens is 2. The first-order valence-electron chi connectivity index (χ1n) is 6.74. The lowest BCUT2D eigenvalue weighted by atomic mass is 9.98. The Morgan fingerprint density at radius 2 is 1.65 bits per heavy atom. The summed E-state index contributed by atoms with van der Waals surface area (Å²) in [4.78, 5) is 8.60. The number of hydrogen-bond donors (Lipinski definition) is 1. The first-order valence-corrected chi connectivity index (χ1v) is 6.74. The van der Waals surface area contributed by atoms with E-state index in [9.17, 15) is 0 Å². The summed E-state index contributed by atoms with van der Waals surface area (Å²) < 4.78 is 0. The van der Waals surface area contributed by atoms with E-state index >= 15 is 0 Å². The van der Waals surface area contributed by atoms with Gasteiger partial charge in [-0.15, -0.1) is 0 Å². The maximum Gasteiger partial charge on any atom is 0.0890 e. The molecular weight excluding hydrogens is 246 g/mol. The predicted molar refractivity (Wildman–Crippen MR) is 81.3 cm³/mol. The van der Waals surface area contributed by atoms with Gasteiger partial charge in [-0.1, -0.05) is 35.9 Å². The molecule has 20 heavy (non-hydrogen) atoms. The van der Waals surface area contributed by atoms with Gasteiger partial charge < -0.3 is 5.73 Å². The van der Waals surface area contributed by atoms with Crippen LogP contribution in [0.2, 0.25) is 0 Å². The van der Waals surface area contributed by atoms with Gasteiger partial charge in [0, 0.05) is 18.4 Å². The highest BCUT2D eigenvalue weighted by Gasteiger charge is 2.08. The van der Waals surface area contributed by atoms with E-state index in [-0.39, 0.29) is 6.04 Å². The van der Waals surface area contributed by atoms with Crippen LogP contribution >= 0.6 is 0 Å². The normalized spacial score (nSPS) is 12.5. The van der Waals surface area contributed by atoms with Crippen molar-refractivity contribution < 1.29 is 0 Å². The molecule has 1 atom stereocenters. The van der Waals surface area contributed by atoms with Crippen molar-refractivity contribution in [2.45, 2.75) is 19.4 Å². The van der Waals surface area contributed by atoms with Crippen molar-refractivity contribution in [1.82, 2.24) is 9.97 Å². The average Bonchev–Trinajstić information content (AvgIpc) is 2.49. The molecule has 1 unspecified atom stereocenters. The molecule has 1 heterocycles. The minimum absolute atomic E-state index is 0.0240. The van der Waals surface area contributed by atoms with Crippen molar-refractivity contribution in [3.8, 4) is 0 Å². The molecule has 0 fully saturated rings. The summed E-state index contributed by atoms with van der Waals surface area (Å²) in [5.41, 5.74) is 11.7. The lowest BCUT2D eigenvalue weighted by Crippen LogP contribution is -2.13. The highest BCUT2D eigenvalue weighted by Crippen LogP contribution is 2.19. The van der Waals surface area contributed by atoms with E-state index in [1.54, 1.807) is 12.4 Å². The van der Waals surface area contributed by atoms with Gasteiger partial charge in [0.2, 0.25) is 0 Å². The molecule has 0 spiro atoms. The Balaban J connectivity index is 1.84. The van der Waals surface area contributed by atoms with E-state index in [1.807, 2.05) is 18.2 Å². The van der Waals surface area contributed by atoms with Crippen molar-refractivity contribution in [3.05, 3.63) is 71.5 Å². The SMILES string of the molecule is Cc1ccc(CC(N)c2ccc3nccnc3c2)cc1. The fraction of sp³-hybridized carbons (Fsp3) is 0.176. The second-order valence-corrected chi connectivity index (χ2v) is 5.10. The van der Waals surface area contributed by atoms with Gasteiger partial charge in [0.1, 0.15) is 0 Å². The zero-order valence-electron chi connectivity index (χ0n) is 11.5. The second kappa shape index (κ2) is 5.39. The molecule has 0 radical (unpaired) electrons. The predicted octanol–water partition coefficient (Wildman–Crippen LogP) is 3.18. The van der Waals surface area contributed by atoms with Gasteiger partial charge in [-0.2, -0.15) is 0 Å². The van der Waals surface area contributed by atoms with E-state index in [2.05, 4.69) is 41.2 Å². The van der Waals surface area contributed by atoms with Gasteiger partial charge in [0.15, 0.2) is 0 Å². The van der Waals surface area contributed by atoms with Crippen LogP contribution < -0.4 is 5.73 Å². The van der Waals surface area contributed by atoms with Gasteiger partial charge in [-0.05, 0) is 36.6 Å². The van der Waals surface area contributed by atoms with E-state index in [1.165, 1.54) is 11.1 Å². The largest absolute Gasteiger partial charge is 0.324 e. The van der Waals surface area contributed by atoms with Crippen LogP contribution in [0.4, 0.5) is 0 Å². The smallest absolute Gasteiger partial charge is 0.0890 e. The summed E-state index contributed by atoms with van der Waals surface area (Å²) in [5.74, 6) is 0. The highest BCUT2D eigenvalue weighted by atomic mass is 14.8. The van der Waals surface area contributed by atoms with Crippen molar-refractivity contribution in [2.75, 3.05) is 0 Å². The molecule has 0 aliphatic heterocycles. The molecule has 3 aromatic rings. The molecule has 0 saturated carbocycles. The van der Waals surface area contributed by atoms with Gasteiger partial charge >= 0.3 is 0 Å². The maximum absolute atomic E-state index is 6.31. The van der Waals surface area contributed by atoms with Crippen LogP contribution in [0, 0.1) is 6.92 Å². The molecule has 100 valence electrons. The number of aryl methyl sites for hydroxylation is 1. The first-order chi connectivity index (χ1) is 9.72. The number of rotatable bonds is 3. The van der Waals surface area contributed by atoms with E-state index in [0.717, 1.165) is 23.0 Å². The maximum atomic E-state index is 6.31. The fourth-order valence-corrected chi connectivity index (χ4v) is 2.31. The number of nitrogens with zero attached hydrogens (tertiary/aromatic N) is 2. The van der Waals surface area contributed by atoms with E-state index in [0.29, 0.717) is 0 Å². The molecule has 3 nitrogen and oxygen atoms in total. The third kappa shape index (κ3) is 2.68. The van der Waals surface area contributed by atoms with Gasteiger partial charge in [-0.25, -0.2) is 0 Å². The van der Waals surface area contributed by atoms with Crippen LogP contribution in [0.3, 0.4) is 0 Å². The number of benzene rings is 2. The third-order valence-electron chi connectivity index (χ3n) is 3.50. The molecule has 0 bridgehead atoms. The van der Waals surface area contributed by atoms with Crippen LogP contribution in [0.5, 0.6) is 0 Å². The molecular formula is C17H17N3. The quantitative estimate of drug-likeness (QED) is 0.789. The summed E-state index contributed by atoms with van der Waals surface area (Å²) in [5, 5.41) is 0. The lowest BCUT2D eigenvalue weighted by molar-refractivity contribution is 0.722. The second-order valence-electron chi connectivity index (χ2n) is 5.10. The number of hydrogen-bond acceptors (Lipinski definition) is 3. The van der Waals surface area contributed by atoms with E-state index < -0.39 is 0 Å². The molecule has 1 aromatic heterocycles. The van der Waals surface area contributed by atoms with Crippen LogP contribution in [0.1, 0.15) is 22.7 Å². The minimum Gasteiger partial charge on any atom is -0.324 e. The fourth-order valence-electron chi connectivity index (χ4n) is 2.31. The molecule has 0 saturated heterocycles. The Bertz CT molecular complexity index is 720. The van der Waals surface area contributed by atoms with Crippen molar-refractivity contribution >= 4 is 11.0 Å². The average molecular weight is 263 g/mol. The Kier molecular flexibility index (Phi) is 3.44.